The number of guanidine groups is 1. The Morgan fingerprint density at radius 1 is 1.15 bits per heavy atom. The van der Waals surface area contributed by atoms with E-state index in [1.54, 1.807) is 0 Å². The quantitative estimate of drug-likeness (QED) is 0.339. The van der Waals surface area contributed by atoms with Crippen LogP contribution in [-0.4, -0.2) is 49.8 Å². The molecule has 1 aromatic carbocycles. The maximum Gasteiger partial charge on any atom is 0.401 e. The van der Waals surface area contributed by atoms with Gasteiger partial charge in [-0.2, -0.15) is 13.2 Å². The fourth-order valence-electron chi connectivity index (χ4n) is 3.18. The zero-order valence-electron chi connectivity index (χ0n) is 15.8. The fraction of sp³-hybridized carbons (Fsp3) is 0.632. The Hall–Kier alpha value is -1.03. The number of benzene rings is 1. The molecule has 4 nitrogen and oxygen atoms in total. The number of likely N-dealkylation sites (tertiary alicyclic amines) is 1. The summed E-state index contributed by atoms with van der Waals surface area (Å²) in [4.78, 5) is 6.09. The topological polar surface area (TPSA) is 39.7 Å². The summed E-state index contributed by atoms with van der Waals surface area (Å²) < 4.78 is 37.3. The third-order valence-corrected chi connectivity index (χ3v) is 4.56. The van der Waals surface area contributed by atoms with Gasteiger partial charge in [0.05, 0.1) is 13.1 Å². The van der Waals surface area contributed by atoms with Crippen molar-refractivity contribution in [3.63, 3.8) is 0 Å². The Morgan fingerprint density at radius 2 is 1.81 bits per heavy atom. The molecule has 1 aromatic rings. The first kappa shape index (κ1) is 24.0. The number of hydrogen-bond acceptors (Lipinski definition) is 2. The molecule has 1 saturated heterocycles. The maximum atomic E-state index is 12.4. The van der Waals surface area contributed by atoms with Crippen LogP contribution in [0.3, 0.4) is 0 Å². The van der Waals surface area contributed by atoms with Crippen molar-refractivity contribution in [1.29, 1.82) is 0 Å². The van der Waals surface area contributed by atoms with Crippen LogP contribution in [0, 0.1) is 5.92 Å². The largest absolute Gasteiger partial charge is 0.401 e. The summed E-state index contributed by atoms with van der Waals surface area (Å²) in [5.41, 5.74) is 1.15. The van der Waals surface area contributed by atoms with Gasteiger partial charge >= 0.3 is 6.18 Å². The predicted octanol–water partition coefficient (Wildman–Crippen LogP) is 4.02. The predicted molar refractivity (Wildman–Crippen MR) is 115 cm³/mol. The highest BCUT2D eigenvalue weighted by Gasteiger charge is 2.32. The van der Waals surface area contributed by atoms with E-state index in [-0.39, 0.29) is 24.0 Å². The molecular weight excluding hydrogens is 468 g/mol. The van der Waals surface area contributed by atoms with Crippen LogP contribution in [-0.2, 0) is 6.54 Å². The van der Waals surface area contributed by atoms with Gasteiger partial charge in [-0.25, -0.2) is 4.99 Å². The van der Waals surface area contributed by atoms with E-state index in [1.807, 2.05) is 37.3 Å². The van der Waals surface area contributed by atoms with Gasteiger partial charge in [0.15, 0.2) is 5.96 Å². The SMILES string of the molecule is CCNC(=NCc1ccccc1)NCCC1CCN(CC(F)(F)F)CC1.I. The van der Waals surface area contributed by atoms with E-state index in [0.717, 1.165) is 43.9 Å². The van der Waals surface area contributed by atoms with Crippen molar-refractivity contribution in [3.05, 3.63) is 35.9 Å². The Balaban J connectivity index is 0.00000364. The molecule has 0 atom stereocenters. The molecule has 0 aliphatic carbocycles. The molecular formula is C19H30F3IN4. The highest BCUT2D eigenvalue weighted by Crippen LogP contribution is 2.23. The summed E-state index contributed by atoms with van der Waals surface area (Å²) in [7, 11) is 0. The lowest BCUT2D eigenvalue weighted by Gasteiger charge is -2.32. The van der Waals surface area contributed by atoms with Gasteiger partial charge in [0.2, 0.25) is 0 Å². The molecule has 0 amide bonds. The van der Waals surface area contributed by atoms with Gasteiger partial charge in [-0.05, 0) is 50.8 Å². The number of nitrogens with zero attached hydrogens (tertiary/aromatic N) is 2. The van der Waals surface area contributed by atoms with Crippen LogP contribution in [0.5, 0.6) is 0 Å². The van der Waals surface area contributed by atoms with Gasteiger partial charge in [-0.1, -0.05) is 30.3 Å². The number of alkyl halides is 3. The number of nitrogens with one attached hydrogen (secondary N) is 2. The monoisotopic (exact) mass is 498 g/mol. The second kappa shape index (κ2) is 12.4. The van der Waals surface area contributed by atoms with Crippen molar-refractivity contribution in [2.45, 2.75) is 38.9 Å². The summed E-state index contributed by atoms with van der Waals surface area (Å²) in [6.45, 7) is 4.50. The number of aliphatic imine (C=N–C) groups is 1. The van der Waals surface area contributed by atoms with E-state index in [9.17, 15) is 13.2 Å². The average molecular weight is 498 g/mol. The molecule has 0 spiro atoms. The first-order valence-corrected chi connectivity index (χ1v) is 9.31. The van der Waals surface area contributed by atoms with E-state index >= 15 is 0 Å². The Kier molecular flexibility index (Phi) is 11.1. The smallest absolute Gasteiger partial charge is 0.357 e. The molecule has 1 fully saturated rings. The second-order valence-electron chi connectivity index (χ2n) is 6.73. The zero-order valence-corrected chi connectivity index (χ0v) is 18.1. The lowest BCUT2D eigenvalue weighted by atomic mass is 9.93. The number of hydrogen-bond donors (Lipinski definition) is 2. The van der Waals surface area contributed by atoms with E-state index in [2.05, 4.69) is 15.6 Å². The van der Waals surface area contributed by atoms with Gasteiger partial charge in [0.1, 0.15) is 0 Å². The molecule has 27 heavy (non-hydrogen) atoms. The average Bonchev–Trinajstić information content (AvgIpc) is 2.61. The Bertz CT molecular complexity index is 544. The summed E-state index contributed by atoms with van der Waals surface area (Å²) in [6, 6.07) is 10.1. The molecule has 8 heteroatoms. The minimum atomic E-state index is -4.09. The first-order chi connectivity index (χ1) is 12.5. The first-order valence-electron chi connectivity index (χ1n) is 9.31. The lowest BCUT2D eigenvalue weighted by Crippen LogP contribution is -2.41. The van der Waals surface area contributed by atoms with Gasteiger partial charge in [-0.3, -0.25) is 4.90 Å². The standard InChI is InChI=1S/C19H29F3N4.HI/c1-2-23-18(25-14-17-6-4-3-5-7-17)24-11-8-16-9-12-26(13-10-16)15-19(20,21)22;/h3-7,16H,2,8-15H2,1H3,(H2,23,24,25);1H. The number of halogens is 4. The third-order valence-electron chi connectivity index (χ3n) is 4.56. The molecule has 0 saturated carbocycles. The fourth-order valence-corrected chi connectivity index (χ4v) is 3.18. The molecule has 2 N–H and O–H groups in total. The molecule has 154 valence electrons. The van der Waals surface area contributed by atoms with Crippen LogP contribution in [0.4, 0.5) is 13.2 Å². The van der Waals surface area contributed by atoms with E-state index < -0.39 is 12.7 Å². The number of rotatable bonds is 7. The molecule has 0 aromatic heterocycles. The van der Waals surface area contributed by atoms with E-state index in [0.29, 0.717) is 25.6 Å². The van der Waals surface area contributed by atoms with Crippen molar-refractivity contribution < 1.29 is 13.2 Å². The van der Waals surface area contributed by atoms with E-state index in [1.165, 1.54) is 4.90 Å². The summed E-state index contributed by atoms with van der Waals surface area (Å²) >= 11 is 0. The van der Waals surface area contributed by atoms with Crippen LogP contribution < -0.4 is 10.6 Å². The van der Waals surface area contributed by atoms with Gasteiger partial charge in [0.25, 0.3) is 0 Å². The summed E-state index contributed by atoms with van der Waals surface area (Å²) in [6.07, 6.45) is -1.48. The molecule has 1 aliphatic rings. The van der Waals surface area contributed by atoms with Crippen LogP contribution >= 0.6 is 24.0 Å². The van der Waals surface area contributed by atoms with Gasteiger partial charge < -0.3 is 10.6 Å². The molecule has 0 unspecified atom stereocenters. The van der Waals surface area contributed by atoms with Gasteiger partial charge in [0, 0.05) is 13.1 Å². The maximum absolute atomic E-state index is 12.4. The van der Waals surface area contributed by atoms with Gasteiger partial charge in [-0.15, -0.1) is 24.0 Å². The minimum absolute atomic E-state index is 0. The molecule has 0 bridgehead atoms. The second-order valence-corrected chi connectivity index (χ2v) is 6.73. The third kappa shape index (κ3) is 10.2. The molecule has 1 aliphatic heterocycles. The summed E-state index contributed by atoms with van der Waals surface area (Å²) in [5.74, 6) is 1.26. The van der Waals surface area contributed by atoms with E-state index in [4.69, 9.17) is 0 Å². The molecule has 0 radical (unpaired) electrons. The van der Waals surface area contributed by atoms with Crippen molar-refractivity contribution in [3.8, 4) is 0 Å². The van der Waals surface area contributed by atoms with Crippen LogP contribution in [0.15, 0.2) is 35.3 Å². The van der Waals surface area contributed by atoms with Crippen molar-refractivity contribution in [2.75, 3.05) is 32.7 Å². The Labute approximate surface area is 177 Å². The normalized spacial score (nSPS) is 16.7. The zero-order chi connectivity index (χ0) is 18.8. The van der Waals surface area contributed by atoms with Crippen molar-refractivity contribution in [2.24, 2.45) is 10.9 Å². The minimum Gasteiger partial charge on any atom is -0.357 e. The van der Waals surface area contributed by atoms with Crippen LogP contribution in [0.1, 0.15) is 31.7 Å². The summed E-state index contributed by atoms with van der Waals surface area (Å²) in [5, 5.41) is 6.56. The van der Waals surface area contributed by atoms with Crippen LogP contribution in [0.2, 0.25) is 0 Å². The van der Waals surface area contributed by atoms with Crippen LogP contribution in [0.25, 0.3) is 0 Å². The van der Waals surface area contributed by atoms with Crippen molar-refractivity contribution in [1.82, 2.24) is 15.5 Å². The highest BCUT2D eigenvalue weighted by molar-refractivity contribution is 14.0. The molecule has 1 heterocycles. The Morgan fingerprint density at radius 3 is 2.41 bits per heavy atom. The lowest BCUT2D eigenvalue weighted by molar-refractivity contribution is -0.148. The molecule has 2 rings (SSSR count). The highest BCUT2D eigenvalue weighted by atomic mass is 127. The van der Waals surface area contributed by atoms with Crippen molar-refractivity contribution >= 4 is 29.9 Å². The number of piperidine rings is 1.